The second-order valence-corrected chi connectivity index (χ2v) is 2.70. The van der Waals surface area contributed by atoms with Crippen molar-refractivity contribution in [3.05, 3.63) is 0 Å². The molecular weight excluding hydrogens is 134 g/mol. The summed E-state index contributed by atoms with van der Waals surface area (Å²) in [4.78, 5) is 0. The number of rotatable bonds is 3. The van der Waals surface area contributed by atoms with Crippen molar-refractivity contribution in [3.8, 4) is 24.2 Å². The molecule has 1 nitrogen and oxygen atoms in total. The van der Waals surface area contributed by atoms with Crippen molar-refractivity contribution < 1.29 is 0 Å². The average Bonchev–Trinajstić information content (AvgIpc) is 1.97. The van der Waals surface area contributed by atoms with E-state index < -0.39 is 0 Å². The van der Waals surface area contributed by atoms with Gasteiger partial charge in [-0.2, -0.15) is 0 Å². The maximum atomic E-state index is 5.30. The third-order valence-corrected chi connectivity index (χ3v) is 1.43. The van der Waals surface area contributed by atoms with E-state index in [1.807, 2.05) is 6.92 Å². The Balaban J connectivity index is 3.69. The van der Waals surface area contributed by atoms with Crippen molar-refractivity contribution in [1.82, 2.24) is 5.32 Å². The Morgan fingerprint density at radius 3 is 2.45 bits per heavy atom. The summed E-state index contributed by atoms with van der Waals surface area (Å²) < 4.78 is 0. The van der Waals surface area contributed by atoms with Crippen LogP contribution in [0, 0.1) is 30.1 Å². The monoisotopic (exact) mass is 149 g/mol. The molecule has 60 valence electrons. The molecule has 0 aromatic rings. The summed E-state index contributed by atoms with van der Waals surface area (Å²) in [7, 11) is 0. The minimum Gasteiger partial charge on any atom is -0.293 e. The molecule has 0 bridgehead atoms. The summed E-state index contributed by atoms with van der Waals surface area (Å²) in [5.41, 5.74) is 0. The fourth-order valence-corrected chi connectivity index (χ4v) is 0.736. The molecule has 0 spiro atoms. The zero-order chi connectivity index (χ0) is 8.69. The van der Waals surface area contributed by atoms with Crippen LogP contribution in [0.4, 0.5) is 0 Å². The molecule has 0 aromatic carbocycles. The van der Waals surface area contributed by atoms with E-state index in [1.54, 1.807) is 0 Å². The molecule has 1 unspecified atom stereocenters. The smallest absolute Gasteiger partial charge is 0.0717 e. The van der Waals surface area contributed by atoms with Crippen LogP contribution in [0.5, 0.6) is 0 Å². The van der Waals surface area contributed by atoms with E-state index in [2.05, 4.69) is 36.9 Å². The molecule has 0 amide bonds. The van der Waals surface area contributed by atoms with E-state index in [4.69, 9.17) is 6.42 Å². The Labute approximate surface area is 69.6 Å². The van der Waals surface area contributed by atoms with Crippen LogP contribution in [0.25, 0.3) is 0 Å². The quantitative estimate of drug-likeness (QED) is 0.596. The first kappa shape index (κ1) is 10.1. The van der Waals surface area contributed by atoms with Gasteiger partial charge in [0.1, 0.15) is 0 Å². The van der Waals surface area contributed by atoms with Gasteiger partial charge < -0.3 is 0 Å². The summed E-state index contributed by atoms with van der Waals surface area (Å²) in [6.07, 6.45) is 5.30. The van der Waals surface area contributed by atoms with Crippen LogP contribution in [0.15, 0.2) is 0 Å². The van der Waals surface area contributed by atoms with Gasteiger partial charge in [0.15, 0.2) is 0 Å². The minimum atomic E-state index is 0.149. The van der Waals surface area contributed by atoms with Gasteiger partial charge in [-0.15, -0.1) is 12.3 Å². The van der Waals surface area contributed by atoms with Crippen LogP contribution in [0.2, 0.25) is 0 Å². The van der Waals surface area contributed by atoms with Crippen molar-refractivity contribution >= 4 is 0 Å². The van der Waals surface area contributed by atoms with Gasteiger partial charge in [0, 0.05) is 0 Å². The summed E-state index contributed by atoms with van der Waals surface area (Å²) in [5.74, 6) is 8.87. The lowest BCUT2D eigenvalue weighted by molar-refractivity contribution is 0.500. The van der Waals surface area contributed by atoms with Gasteiger partial charge in [0.25, 0.3) is 0 Å². The van der Waals surface area contributed by atoms with E-state index in [0.717, 1.165) is 0 Å². The highest BCUT2D eigenvalue weighted by Crippen LogP contribution is 1.98. The van der Waals surface area contributed by atoms with E-state index in [0.29, 0.717) is 12.5 Å². The Bertz CT molecular complexity index is 187. The van der Waals surface area contributed by atoms with Crippen LogP contribution in [-0.2, 0) is 0 Å². The molecule has 1 atom stereocenters. The van der Waals surface area contributed by atoms with Crippen molar-refractivity contribution in [2.45, 2.75) is 26.8 Å². The normalized spacial score (nSPS) is 11.5. The maximum Gasteiger partial charge on any atom is 0.0717 e. The molecule has 1 N–H and O–H groups in total. The van der Waals surface area contributed by atoms with Gasteiger partial charge in [0.05, 0.1) is 12.6 Å². The SMILES string of the molecule is C#CC(NCC#CC)C(C)C. The second-order valence-electron chi connectivity index (χ2n) is 2.70. The Morgan fingerprint density at radius 2 is 2.09 bits per heavy atom. The fourth-order valence-electron chi connectivity index (χ4n) is 0.736. The van der Waals surface area contributed by atoms with Crippen LogP contribution in [-0.4, -0.2) is 12.6 Å². The molecule has 0 radical (unpaired) electrons. The van der Waals surface area contributed by atoms with Crippen molar-refractivity contribution in [3.63, 3.8) is 0 Å². The molecular formula is C10H15N. The highest BCUT2D eigenvalue weighted by Gasteiger charge is 2.06. The Hall–Kier alpha value is -0.920. The summed E-state index contributed by atoms with van der Waals surface area (Å²) in [6.45, 7) is 6.69. The molecule has 0 saturated heterocycles. The van der Waals surface area contributed by atoms with Gasteiger partial charge in [-0.05, 0) is 12.8 Å². The number of terminal acetylenes is 1. The van der Waals surface area contributed by atoms with E-state index >= 15 is 0 Å². The average molecular weight is 149 g/mol. The molecule has 0 rings (SSSR count). The predicted octanol–water partition coefficient (Wildman–Crippen LogP) is 1.26. The lowest BCUT2D eigenvalue weighted by Crippen LogP contribution is -2.32. The van der Waals surface area contributed by atoms with E-state index in [1.165, 1.54) is 0 Å². The van der Waals surface area contributed by atoms with E-state index in [-0.39, 0.29) is 6.04 Å². The van der Waals surface area contributed by atoms with Gasteiger partial charge in [0.2, 0.25) is 0 Å². The van der Waals surface area contributed by atoms with Gasteiger partial charge >= 0.3 is 0 Å². The first-order chi connectivity index (χ1) is 5.22. The largest absolute Gasteiger partial charge is 0.293 e. The molecule has 0 heterocycles. The zero-order valence-corrected chi connectivity index (χ0v) is 7.44. The number of hydrogen-bond acceptors (Lipinski definition) is 1. The summed E-state index contributed by atoms with van der Waals surface area (Å²) >= 11 is 0. The van der Waals surface area contributed by atoms with Gasteiger partial charge in [-0.25, -0.2) is 0 Å². The fraction of sp³-hybridized carbons (Fsp3) is 0.600. The maximum absolute atomic E-state index is 5.30. The lowest BCUT2D eigenvalue weighted by atomic mass is 10.1. The van der Waals surface area contributed by atoms with Crippen molar-refractivity contribution in [1.29, 1.82) is 0 Å². The number of hydrogen-bond donors (Lipinski definition) is 1. The molecule has 0 aliphatic heterocycles. The third-order valence-electron chi connectivity index (χ3n) is 1.43. The van der Waals surface area contributed by atoms with Crippen LogP contribution < -0.4 is 5.32 Å². The van der Waals surface area contributed by atoms with Crippen molar-refractivity contribution in [2.75, 3.05) is 6.54 Å². The topological polar surface area (TPSA) is 12.0 Å². The van der Waals surface area contributed by atoms with Gasteiger partial charge in [-0.3, -0.25) is 5.32 Å². The molecule has 11 heavy (non-hydrogen) atoms. The second kappa shape index (κ2) is 5.83. The Kier molecular flexibility index (Phi) is 5.35. The number of nitrogens with one attached hydrogen (secondary N) is 1. The molecule has 0 saturated carbocycles. The molecule has 0 fully saturated rings. The van der Waals surface area contributed by atoms with Gasteiger partial charge in [-0.1, -0.05) is 25.7 Å². The van der Waals surface area contributed by atoms with Crippen LogP contribution in [0.1, 0.15) is 20.8 Å². The summed E-state index contributed by atoms with van der Waals surface area (Å²) in [6, 6.07) is 0.149. The van der Waals surface area contributed by atoms with Crippen LogP contribution in [0.3, 0.4) is 0 Å². The predicted molar refractivity (Wildman–Crippen MR) is 48.9 cm³/mol. The molecule has 1 heteroatoms. The minimum absolute atomic E-state index is 0.149. The first-order valence-electron chi connectivity index (χ1n) is 3.81. The lowest BCUT2D eigenvalue weighted by Gasteiger charge is -2.13. The molecule has 0 aliphatic rings. The first-order valence-corrected chi connectivity index (χ1v) is 3.81. The van der Waals surface area contributed by atoms with E-state index in [9.17, 15) is 0 Å². The third kappa shape index (κ3) is 4.48. The Morgan fingerprint density at radius 1 is 1.45 bits per heavy atom. The highest BCUT2D eigenvalue weighted by molar-refractivity contribution is 5.04. The van der Waals surface area contributed by atoms with Crippen LogP contribution >= 0.6 is 0 Å². The van der Waals surface area contributed by atoms with Crippen molar-refractivity contribution in [2.24, 2.45) is 5.92 Å². The summed E-state index contributed by atoms with van der Waals surface area (Å²) in [5, 5.41) is 3.16. The molecule has 0 aromatic heterocycles. The molecule has 0 aliphatic carbocycles. The standard InChI is InChI=1S/C10H15N/c1-5-7-8-11-10(6-2)9(3)4/h2,9-11H,8H2,1,3-4H3. The zero-order valence-electron chi connectivity index (χ0n) is 7.44. The highest BCUT2D eigenvalue weighted by atomic mass is 14.9.